The van der Waals surface area contributed by atoms with E-state index in [0.717, 1.165) is 11.5 Å². The van der Waals surface area contributed by atoms with E-state index in [2.05, 4.69) is 4.98 Å². The van der Waals surface area contributed by atoms with Gasteiger partial charge >= 0.3 is 0 Å². The molecule has 0 saturated heterocycles. The monoisotopic (exact) mass is 251 g/mol. The first-order valence-corrected chi connectivity index (χ1v) is 5.30. The summed E-state index contributed by atoms with van der Waals surface area (Å²) in [5.41, 5.74) is 1.46. The Morgan fingerprint density at radius 3 is 2.65 bits per heavy atom. The molecule has 0 spiro atoms. The van der Waals surface area contributed by atoms with Crippen molar-refractivity contribution < 1.29 is 4.92 Å². The molecule has 0 amide bonds. The van der Waals surface area contributed by atoms with Crippen LogP contribution in [-0.2, 0) is 7.05 Å². The van der Waals surface area contributed by atoms with Crippen LogP contribution in [0.5, 0.6) is 0 Å². The van der Waals surface area contributed by atoms with Crippen molar-refractivity contribution in [1.82, 2.24) is 9.55 Å². The molecule has 0 aliphatic carbocycles. The van der Waals surface area contributed by atoms with Crippen LogP contribution < -0.4 is 0 Å². The quantitative estimate of drug-likeness (QED) is 0.609. The standard InChI is InChI=1S/C11H10ClN3O2/c1-7-13-6-11(14(7)2)8-3-9(12)5-10(4-8)15(16)17/h3-6H,1-2H3. The molecule has 0 saturated carbocycles. The summed E-state index contributed by atoms with van der Waals surface area (Å²) >= 11 is 5.87. The summed E-state index contributed by atoms with van der Waals surface area (Å²) in [6.07, 6.45) is 1.67. The van der Waals surface area contributed by atoms with Gasteiger partial charge in [0.25, 0.3) is 5.69 Å². The summed E-state index contributed by atoms with van der Waals surface area (Å²) < 4.78 is 1.86. The summed E-state index contributed by atoms with van der Waals surface area (Å²) in [4.78, 5) is 14.4. The van der Waals surface area contributed by atoms with Gasteiger partial charge in [-0.05, 0) is 13.0 Å². The van der Waals surface area contributed by atoms with Crippen molar-refractivity contribution in [3.05, 3.63) is 45.4 Å². The lowest BCUT2D eigenvalue weighted by atomic mass is 10.1. The van der Waals surface area contributed by atoms with Gasteiger partial charge in [-0.3, -0.25) is 10.1 Å². The average Bonchev–Trinajstić information content (AvgIpc) is 2.59. The molecule has 88 valence electrons. The molecular formula is C11H10ClN3O2. The SMILES string of the molecule is Cc1ncc(-c2cc(Cl)cc([N+](=O)[O-])c2)n1C. The van der Waals surface area contributed by atoms with Gasteiger partial charge in [-0.1, -0.05) is 11.6 Å². The number of benzene rings is 1. The summed E-state index contributed by atoms with van der Waals surface area (Å²) in [5.74, 6) is 0.836. The highest BCUT2D eigenvalue weighted by Gasteiger charge is 2.12. The highest BCUT2D eigenvalue weighted by molar-refractivity contribution is 6.31. The number of nitro groups is 1. The van der Waals surface area contributed by atoms with E-state index in [-0.39, 0.29) is 5.69 Å². The summed E-state index contributed by atoms with van der Waals surface area (Å²) in [5, 5.41) is 11.1. The number of halogens is 1. The zero-order valence-corrected chi connectivity index (χ0v) is 10.1. The first kappa shape index (κ1) is 11.6. The Balaban J connectivity index is 2.60. The highest BCUT2D eigenvalue weighted by atomic mass is 35.5. The van der Waals surface area contributed by atoms with Crippen LogP contribution >= 0.6 is 11.6 Å². The Morgan fingerprint density at radius 2 is 2.12 bits per heavy atom. The Hall–Kier alpha value is -1.88. The number of imidazole rings is 1. The van der Waals surface area contributed by atoms with Crippen LogP contribution in [0.3, 0.4) is 0 Å². The first-order valence-electron chi connectivity index (χ1n) is 4.92. The lowest BCUT2D eigenvalue weighted by Crippen LogP contribution is -1.95. The van der Waals surface area contributed by atoms with E-state index in [1.807, 2.05) is 18.5 Å². The molecule has 2 aromatic rings. The molecule has 2 rings (SSSR count). The molecule has 0 atom stereocenters. The van der Waals surface area contributed by atoms with E-state index >= 15 is 0 Å². The molecule has 0 bridgehead atoms. The second kappa shape index (κ2) is 4.18. The molecule has 1 aromatic heterocycles. The van der Waals surface area contributed by atoms with Crippen molar-refractivity contribution in [2.45, 2.75) is 6.92 Å². The minimum atomic E-state index is -0.460. The third kappa shape index (κ3) is 2.14. The molecule has 0 fully saturated rings. The maximum Gasteiger partial charge on any atom is 0.271 e. The number of rotatable bonds is 2. The molecule has 17 heavy (non-hydrogen) atoms. The van der Waals surface area contributed by atoms with E-state index in [0.29, 0.717) is 10.6 Å². The Kier molecular flexibility index (Phi) is 2.85. The van der Waals surface area contributed by atoms with E-state index in [1.54, 1.807) is 12.3 Å². The van der Waals surface area contributed by atoms with Crippen LogP contribution in [0.15, 0.2) is 24.4 Å². The molecule has 1 aromatic carbocycles. The Morgan fingerprint density at radius 1 is 1.41 bits per heavy atom. The second-order valence-electron chi connectivity index (χ2n) is 3.70. The first-order chi connectivity index (χ1) is 7.99. The van der Waals surface area contributed by atoms with E-state index in [1.165, 1.54) is 12.1 Å². The zero-order valence-electron chi connectivity index (χ0n) is 9.35. The average molecular weight is 252 g/mol. The van der Waals surface area contributed by atoms with Crippen LogP contribution in [0.1, 0.15) is 5.82 Å². The normalized spacial score (nSPS) is 10.5. The Bertz CT molecular complexity index is 592. The summed E-state index contributed by atoms with van der Waals surface area (Å²) in [6, 6.07) is 4.50. The Labute approximate surface area is 103 Å². The van der Waals surface area contributed by atoms with Crippen LogP contribution in [0.25, 0.3) is 11.3 Å². The third-order valence-corrected chi connectivity index (χ3v) is 2.83. The molecule has 0 unspecified atom stereocenters. The van der Waals surface area contributed by atoms with Gasteiger partial charge in [0, 0.05) is 29.8 Å². The van der Waals surface area contributed by atoms with Crippen LogP contribution in [0.4, 0.5) is 5.69 Å². The fraction of sp³-hybridized carbons (Fsp3) is 0.182. The topological polar surface area (TPSA) is 61.0 Å². The van der Waals surface area contributed by atoms with Crippen LogP contribution in [0.2, 0.25) is 5.02 Å². The predicted molar refractivity (Wildman–Crippen MR) is 65.0 cm³/mol. The van der Waals surface area contributed by atoms with Crippen molar-refractivity contribution >= 4 is 17.3 Å². The number of non-ortho nitro benzene ring substituents is 1. The smallest absolute Gasteiger partial charge is 0.271 e. The minimum Gasteiger partial charge on any atom is -0.331 e. The lowest BCUT2D eigenvalue weighted by Gasteiger charge is -2.04. The number of aryl methyl sites for hydroxylation is 1. The molecule has 0 aliphatic rings. The van der Waals surface area contributed by atoms with E-state index in [4.69, 9.17) is 11.6 Å². The maximum absolute atomic E-state index is 10.8. The maximum atomic E-state index is 10.8. The molecule has 6 heteroatoms. The predicted octanol–water partition coefficient (Wildman–Crippen LogP) is 2.96. The van der Waals surface area contributed by atoms with Crippen molar-refractivity contribution in [2.24, 2.45) is 7.05 Å². The number of nitrogens with zero attached hydrogens (tertiary/aromatic N) is 3. The number of hydrogen-bond acceptors (Lipinski definition) is 3. The lowest BCUT2D eigenvalue weighted by molar-refractivity contribution is -0.384. The number of aromatic nitrogens is 2. The molecule has 1 heterocycles. The van der Waals surface area contributed by atoms with Crippen molar-refractivity contribution in [1.29, 1.82) is 0 Å². The van der Waals surface area contributed by atoms with Gasteiger partial charge in [0.15, 0.2) is 0 Å². The van der Waals surface area contributed by atoms with E-state index in [9.17, 15) is 10.1 Å². The molecule has 5 nitrogen and oxygen atoms in total. The van der Waals surface area contributed by atoms with Crippen molar-refractivity contribution in [3.8, 4) is 11.3 Å². The van der Waals surface area contributed by atoms with E-state index < -0.39 is 4.92 Å². The van der Waals surface area contributed by atoms with Gasteiger partial charge in [0.1, 0.15) is 5.82 Å². The van der Waals surface area contributed by atoms with Crippen molar-refractivity contribution in [2.75, 3.05) is 0 Å². The number of nitro benzene ring substituents is 1. The molecular weight excluding hydrogens is 242 g/mol. The van der Waals surface area contributed by atoms with Gasteiger partial charge in [0.2, 0.25) is 0 Å². The fourth-order valence-corrected chi connectivity index (χ4v) is 1.83. The van der Waals surface area contributed by atoms with Gasteiger partial charge < -0.3 is 4.57 Å². The van der Waals surface area contributed by atoms with Gasteiger partial charge in [-0.2, -0.15) is 0 Å². The molecule has 0 radical (unpaired) electrons. The van der Waals surface area contributed by atoms with Crippen molar-refractivity contribution in [3.63, 3.8) is 0 Å². The third-order valence-electron chi connectivity index (χ3n) is 2.61. The molecule has 0 N–H and O–H groups in total. The van der Waals surface area contributed by atoms with Gasteiger partial charge in [-0.15, -0.1) is 0 Å². The largest absolute Gasteiger partial charge is 0.331 e. The highest BCUT2D eigenvalue weighted by Crippen LogP contribution is 2.28. The van der Waals surface area contributed by atoms with Crippen LogP contribution in [-0.4, -0.2) is 14.5 Å². The van der Waals surface area contributed by atoms with Gasteiger partial charge in [0.05, 0.1) is 16.8 Å². The summed E-state index contributed by atoms with van der Waals surface area (Å²) in [6.45, 7) is 1.86. The fourth-order valence-electron chi connectivity index (χ4n) is 1.60. The number of hydrogen-bond donors (Lipinski definition) is 0. The summed E-state index contributed by atoms with van der Waals surface area (Å²) in [7, 11) is 1.85. The molecule has 0 aliphatic heterocycles. The van der Waals surface area contributed by atoms with Gasteiger partial charge in [-0.25, -0.2) is 4.98 Å². The minimum absolute atomic E-state index is 0.0219. The zero-order chi connectivity index (χ0) is 12.6. The van der Waals surface area contributed by atoms with Crippen LogP contribution in [0, 0.1) is 17.0 Å². The second-order valence-corrected chi connectivity index (χ2v) is 4.14.